The van der Waals surface area contributed by atoms with E-state index >= 15 is 0 Å². The number of aromatic nitrogens is 4. The molecule has 1 unspecified atom stereocenters. The number of hydrogen-bond acceptors (Lipinski definition) is 6. The molecule has 92 valence electrons. The Bertz CT molecular complexity index is 513. The van der Waals surface area contributed by atoms with Gasteiger partial charge in [0.1, 0.15) is 18.1 Å². The minimum atomic E-state index is 0.157. The normalized spacial score (nSPS) is 18.8. The van der Waals surface area contributed by atoms with Gasteiger partial charge in [0.2, 0.25) is 5.88 Å². The van der Waals surface area contributed by atoms with Gasteiger partial charge in [-0.3, -0.25) is 0 Å². The first-order chi connectivity index (χ1) is 8.93. The fraction of sp³-hybridized carbons (Fsp3) is 0.333. The largest absolute Gasteiger partial charge is 0.471 e. The van der Waals surface area contributed by atoms with Gasteiger partial charge in [-0.1, -0.05) is 0 Å². The van der Waals surface area contributed by atoms with E-state index in [1.54, 1.807) is 24.8 Å². The molecule has 18 heavy (non-hydrogen) atoms. The molecule has 0 amide bonds. The van der Waals surface area contributed by atoms with Gasteiger partial charge in [0, 0.05) is 36.9 Å². The molecule has 1 atom stereocenters. The molecular weight excluding hydrogens is 230 g/mol. The first kappa shape index (κ1) is 11.0. The highest BCUT2D eigenvalue weighted by Gasteiger charge is 2.19. The molecule has 6 heteroatoms. The fourth-order valence-corrected chi connectivity index (χ4v) is 1.92. The van der Waals surface area contributed by atoms with Gasteiger partial charge < -0.3 is 10.1 Å². The molecule has 0 spiro atoms. The second-order valence-corrected chi connectivity index (χ2v) is 4.07. The Morgan fingerprint density at radius 1 is 1.17 bits per heavy atom. The van der Waals surface area contributed by atoms with Gasteiger partial charge in [0.25, 0.3) is 0 Å². The highest BCUT2D eigenvalue weighted by atomic mass is 16.5. The molecule has 1 saturated heterocycles. The molecule has 1 aliphatic heterocycles. The third-order valence-electron chi connectivity index (χ3n) is 2.79. The van der Waals surface area contributed by atoms with Crippen molar-refractivity contribution in [1.29, 1.82) is 0 Å². The van der Waals surface area contributed by atoms with Crippen LogP contribution in [0.25, 0.3) is 11.3 Å². The predicted octanol–water partition coefficient (Wildman–Crippen LogP) is 0.674. The summed E-state index contributed by atoms with van der Waals surface area (Å²) in [5.74, 6) is 0.543. The lowest BCUT2D eigenvalue weighted by Crippen LogP contribution is -2.20. The van der Waals surface area contributed by atoms with E-state index in [9.17, 15) is 0 Å². The summed E-state index contributed by atoms with van der Waals surface area (Å²) in [6, 6.07) is 0. The van der Waals surface area contributed by atoms with Crippen LogP contribution in [0, 0.1) is 0 Å². The number of nitrogens with zero attached hydrogens (tertiary/aromatic N) is 4. The van der Waals surface area contributed by atoms with Crippen LogP contribution in [-0.2, 0) is 0 Å². The monoisotopic (exact) mass is 243 g/mol. The number of ether oxygens (including phenoxy) is 1. The van der Waals surface area contributed by atoms with Gasteiger partial charge in [-0.05, 0) is 13.0 Å². The van der Waals surface area contributed by atoms with E-state index in [1.807, 2.05) is 0 Å². The number of hydrogen-bond donors (Lipinski definition) is 1. The van der Waals surface area contributed by atoms with Crippen LogP contribution in [0.2, 0.25) is 0 Å². The van der Waals surface area contributed by atoms with Gasteiger partial charge in [-0.25, -0.2) is 19.9 Å². The zero-order valence-electron chi connectivity index (χ0n) is 9.78. The molecule has 2 aromatic heterocycles. The highest BCUT2D eigenvalue weighted by molar-refractivity contribution is 5.61. The van der Waals surface area contributed by atoms with Crippen molar-refractivity contribution in [2.75, 3.05) is 13.1 Å². The zero-order chi connectivity index (χ0) is 12.2. The second-order valence-electron chi connectivity index (χ2n) is 4.07. The Kier molecular flexibility index (Phi) is 3.10. The molecule has 0 bridgehead atoms. The minimum absolute atomic E-state index is 0.157. The van der Waals surface area contributed by atoms with E-state index in [0.717, 1.165) is 25.1 Å². The molecule has 0 radical (unpaired) electrons. The molecule has 6 nitrogen and oxygen atoms in total. The van der Waals surface area contributed by atoms with Crippen LogP contribution in [0.5, 0.6) is 5.88 Å². The lowest BCUT2D eigenvalue weighted by atomic mass is 10.2. The maximum Gasteiger partial charge on any atom is 0.241 e. The Balaban J connectivity index is 1.90. The molecule has 1 N–H and O–H groups in total. The van der Waals surface area contributed by atoms with Gasteiger partial charge >= 0.3 is 0 Å². The smallest absolute Gasteiger partial charge is 0.241 e. The second kappa shape index (κ2) is 5.05. The van der Waals surface area contributed by atoms with Gasteiger partial charge in [-0.15, -0.1) is 0 Å². The summed E-state index contributed by atoms with van der Waals surface area (Å²) in [4.78, 5) is 16.5. The summed E-state index contributed by atoms with van der Waals surface area (Å²) < 4.78 is 5.87. The number of nitrogens with one attached hydrogen (secondary N) is 1. The van der Waals surface area contributed by atoms with Crippen LogP contribution < -0.4 is 10.1 Å². The molecule has 0 saturated carbocycles. The highest BCUT2D eigenvalue weighted by Crippen LogP contribution is 2.25. The standard InChI is InChI=1S/C12H13N5O/c1-2-13-7-10(1)18-12-11(16-3-4-17-12)9-5-14-8-15-6-9/h3-6,8,10,13H,1-2,7H2. The third-order valence-corrected chi connectivity index (χ3v) is 2.79. The lowest BCUT2D eigenvalue weighted by molar-refractivity contribution is 0.214. The Morgan fingerprint density at radius 2 is 2.00 bits per heavy atom. The van der Waals surface area contributed by atoms with Crippen molar-refractivity contribution >= 4 is 0 Å². The summed E-state index contributed by atoms with van der Waals surface area (Å²) in [6.07, 6.45) is 9.31. The van der Waals surface area contributed by atoms with Crippen LogP contribution in [0.1, 0.15) is 6.42 Å². The van der Waals surface area contributed by atoms with Gasteiger partial charge in [-0.2, -0.15) is 0 Å². The van der Waals surface area contributed by atoms with E-state index in [0.29, 0.717) is 11.6 Å². The first-order valence-electron chi connectivity index (χ1n) is 5.87. The fourth-order valence-electron chi connectivity index (χ4n) is 1.92. The summed E-state index contributed by atoms with van der Waals surface area (Å²) in [5.41, 5.74) is 1.50. The van der Waals surface area contributed by atoms with Crippen molar-refractivity contribution in [2.45, 2.75) is 12.5 Å². The first-order valence-corrected chi connectivity index (χ1v) is 5.87. The van der Waals surface area contributed by atoms with Crippen molar-refractivity contribution < 1.29 is 4.74 Å². The molecule has 0 aromatic carbocycles. The average molecular weight is 243 g/mol. The van der Waals surface area contributed by atoms with Crippen LogP contribution in [0.4, 0.5) is 0 Å². The summed E-state index contributed by atoms with van der Waals surface area (Å²) in [6.45, 7) is 1.83. The van der Waals surface area contributed by atoms with Crippen molar-refractivity contribution in [3.8, 4) is 17.1 Å². The maximum atomic E-state index is 5.87. The molecule has 2 aromatic rings. The predicted molar refractivity (Wildman–Crippen MR) is 65.0 cm³/mol. The van der Waals surface area contributed by atoms with Crippen molar-refractivity contribution in [3.63, 3.8) is 0 Å². The maximum absolute atomic E-state index is 5.87. The molecule has 1 fully saturated rings. The molecule has 0 aliphatic carbocycles. The molecule has 3 rings (SSSR count). The lowest BCUT2D eigenvalue weighted by Gasteiger charge is -2.13. The number of rotatable bonds is 3. The van der Waals surface area contributed by atoms with Crippen molar-refractivity contribution in [1.82, 2.24) is 25.3 Å². The van der Waals surface area contributed by atoms with Gasteiger partial charge in [0.05, 0.1) is 0 Å². The van der Waals surface area contributed by atoms with E-state index in [1.165, 1.54) is 6.33 Å². The molecule has 3 heterocycles. The zero-order valence-corrected chi connectivity index (χ0v) is 9.78. The van der Waals surface area contributed by atoms with Crippen LogP contribution in [-0.4, -0.2) is 39.1 Å². The van der Waals surface area contributed by atoms with E-state index in [-0.39, 0.29) is 6.10 Å². The average Bonchev–Trinajstić information content (AvgIpc) is 2.93. The van der Waals surface area contributed by atoms with Crippen molar-refractivity contribution in [2.24, 2.45) is 0 Å². The van der Waals surface area contributed by atoms with Crippen LogP contribution >= 0.6 is 0 Å². The molecular formula is C12H13N5O. The Hall–Kier alpha value is -2.08. The SMILES string of the molecule is c1ncc(-c2nccnc2OC2CCNC2)cn1. The minimum Gasteiger partial charge on any atom is -0.471 e. The van der Waals surface area contributed by atoms with Gasteiger partial charge in [0.15, 0.2) is 0 Å². The Labute approximate surface area is 104 Å². The topological polar surface area (TPSA) is 72.8 Å². The Morgan fingerprint density at radius 3 is 2.78 bits per heavy atom. The quantitative estimate of drug-likeness (QED) is 0.854. The van der Waals surface area contributed by atoms with Crippen LogP contribution in [0.15, 0.2) is 31.1 Å². The third kappa shape index (κ3) is 2.28. The van der Waals surface area contributed by atoms with E-state index in [2.05, 4.69) is 25.3 Å². The van der Waals surface area contributed by atoms with E-state index < -0.39 is 0 Å². The van der Waals surface area contributed by atoms with Crippen LogP contribution in [0.3, 0.4) is 0 Å². The van der Waals surface area contributed by atoms with E-state index in [4.69, 9.17) is 4.74 Å². The molecule has 1 aliphatic rings. The summed E-state index contributed by atoms with van der Waals surface area (Å²) >= 11 is 0. The summed E-state index contributed by atoms with van der Waals surface area (Å²) in [7, 11) is 0. The summed E-state index contributed by atoms with van der Waals surface area (Å²) in [5, 5.41) is 3.25. The van der Waals surface area contributed by atoms with Crippen molar-refractivity contribution in [3.05, 3.63) is 31.1 Å².